The van der Waals surface area contributed by atoms with Crippen molar-refractivity contribution in [2.24, 2.45) is 0 Å². The highest BCUT2D eigenvalue weighted by Crippen LogP contribution is 2.44. The zero-order valence-electron chi connectivity index (χ0n) is 20.2. The Morgan fingerprint density at radius 1 is 1.06 bits per heavy atom. The van der Waals surface area contributed by atoms with E-state index in [1.807, 2.05) is 31.2 Å². The first-order valence-corrected chi connectivity index (χ1v) is 12.6. The maximum atomic E-state index is 12.7. The van der Waals surface area contributed by atoms with E-state index in [1.165, 1.54) is 22.3 Å². The molecule has 2 aromatic carbocycles. The maximum absolute atomic E-state index is 12.7. The average Bonchev–Trinajstić information content (AvgIpc) is 3.16. The van der Waals surface area contributed by atoms with Crippen LogP contribution in [-0.4, -0.2) is 53.2 Å². The van der Waals surface area contributed by atoms with Gasteiger partial charge in [-0.25, -0.2) is 4.79 Å². The molecule has 1 saturated heterocycles. The summed E-state index contributed by atoms with van der Waals surface area (Å²) in [5.74, 6) is -0.843. The Balaban J connectivity index is 1.22. The monoisotopic (exact) mass is 478 g/mol. The number of aliphatic carboxylic acids is 1. The van der Waals surface area contributed by atoms with Gasteiger partial charge in [0, 0.05) is 31.0 Å². The molecule has 2 amide bonds. The summed E-state index contributed by atoms with van der Waals surface area (Å²) in [5.41, 5.74) is 4.72. The van der Waals surface area contributed by atoms with E-state index in [0.717, 1.165) is 19.3 Å². The SMILES string of the molecule is CC(CCCC(=O)N1CCCC[C@H]1CC(=O)O)NC(=O)OCC1c2ccccc2-c2ccccc21. The number of hydrogen-bond donors (Lipinski definition) is 2. The summed E-state index contributed by atoms with van der Waals surface area (Å²) in [7, 11) is 0. The van der Waals surface area contributed by atoms with Crippen molar-refractivity contribution in [3.8, 4) is 11.1 Å². The number of alkyl carbamates (subject to hydrolysis) is 1. The predicted molar refractivity (Wildman–Crippen MR) is 133 cm³/mol. The lowest BCUT2D eigenvalue weighted by molar-refractivity contribution is -0.142. The topological polar surface area (TPSA) is 95.9 Å². The van der Waals surface area contributed by atoms with E-state index in [9.17, 15) is 14.4 Å². The second kappa shape index (κ2) is 11.4. The Morgan fingerprint density at radius 3 is 2.37 bits per heavy atom. The van der Waals surface area contributed by atoms with E-state index < -0.39 is 12.1 Å². The number of carbonyl (C=O) groups is 3. The Kier molecular flexibility index (Phi) is 8.06. The van der Waals surface area contributed by atoms with Crippen LogP contribution in [0.4, 0.5) is 4.79 Å². The molecule has 0 aromatic heterocycles. The van der Waals surface area contributed by atoms with Gasteiger partial charge in [-0.3, -0.25) is 9.59 Å². The molecular weight excluding hydrogens is 444 g/mol. The van der Waals surface area contributed by atoms with Crippen molar-refractivity contribution in [1.82, 2.24) is 10.2 Å². The molecule has 35 heavy (non-hydrogen) atoms. The summed E-state index contributed by atoms with van der Waals surface area (Å²) in [4.78, 5) is 38.0. The highest BCUT2D eigenvalue weighted by Gasteiger charge is 2.30. The largest absolute Gasteiger partial charge is 0.481 e. The van der Waals surface area contributed by atoms with Crippen molar-refractivity contribution in [2.75, 3.05) is 13.2 Å². The van der Waals surface area contributed by atoms with Gasteiger partial charge in [-0.1, -0.05) is 48.5 Å². The molecule has 1 heterocycles. The molecule has 0 saturated carbocycles. The maximum Gasteiger partial charge on any atom is 0.407 e. The van der Waals surface area contributed by atoms with Gasteiger partial charge in [-0.05, 0) is 61.3 Å². The lowest BCUT2D eigenvalue weighted by Gasteiger charge is -2.35. The number of amides is 2. The first-order valence-electron chi connectivity index (χ1n) is 12.6. The summed E-state index contributed by atoms with van der Waals surface area (Å²) in [5, 5.41) is 12.0. The van der Waals surface area contributed by atoms with Crippen LogP contribution in [0, 0.1) is 0 Å². The van der Waals surface area contributed by atoms with Gasteiger partial charge in [0.05, 0.1) is 6.42 Å². The third-order valence-electron chi connectivity index (χ3n) is 7.09. The van der Waals surface area contributed by atoms with Crippen molar-refractivity contribution < 1.29 is 24.2 Å². The summed E-state index contributed by atoms with van der Waals surface area (Å²) >= 11 is 0. The van der Waals surface area contributed by atoms with Gasteiger partial charge in [0.25, 0.3) is 0 Å². The minimum absolute atomic E-state index is 0.00397. The minimum atomic E-state index is -0.865. The van der Waals surface area contributed by atoms with Gasteiger partial charge in [0.1, 0.15) is 6.61 Å². The zero-order valence-corrected chi connectivity index (χ0v) is 20.2. The Bertz CT molecular complexity index is 1020. The zero-order chi connectivity index (χ0) is 24.8. The second-order valence-electron chi connectivity index (χ2n) is 9.60. The number of carboxylic acid groups (broad SMARTS) is 1. The predicted octanol–water partition coefficient (Wildman–Crippen LogP) is 4.94. The highest BCUT2D eigenvalue weighted by atomic mass is 16.5. The number of piperidine rings is 1. The number of likely N-dealkylation sites (tertiary alicyclic amines) is 1. The minimum Gasteiger partial charge on any atom is -0.481 e. The number of hydrogen-bond acceptors (Lipinski definition) is 4. The van der Waals surface area contributed by atoms with Crippen LogP contribution in [0.25, 0.3) is 11.1 Å². The third kappa shape index (κ3) is 6.02. The number of nitrogens with one attached hydrogen (secondary N) is 1. The number of ether oxygens (including phenoxy) is 1. The van der Waals surface area contributed by atoms with Gasteiger partial charge >= 0.3 is 12.1 Å². The van der Waals surface area contributed by atoms with E-state index in [1.54, 1.807) is 4.90 Å². The second-order valence-corrected chi connectivity index (χ2v) is 9.60. The molecule has 0 radical (unpaired) electrons. The van der Waals surface area contributed by atoms with E-state index >= 15 is 0 Å². The fourth-order valence-electron chi connectivity index (χ4n) is 5.36. The van der Waals surface area contributed by atoms with Crippen molar-refractivity contribution in [3.63, 3.8) is 0 Å². The van der Waals surface area contributed by atoms with Gasteiger partial charge in [0.15, 0.2) is 0 Å². The molecule has 1 fully saturated rings. The molecule has 1 unspecified atom stereocenters. The molecule has 0 spiro atoms. The fourth-order valence-corrected chi connectivity index (χ4v) is 5.36. The number of nitrogens with zero attached hydrogens (tertiary/aromatic N) is 1. The molecule has 1 aliphatic heterocycles. The molecule has 2 aromatic rings. The van der Waals surface area contributed by atoms with Crippen molar-refractivity contribution in [3.05, 3.63) is 59.7 Å². The molecule has 7 heteroatoms. The molecule has 1 aliphatic carbocycles. The van der Waals surface area contributed by atoms with Crippen molar-refractivity contribution in [1.29, 1.82) is 0 Å². The average molecular weight is 479 g/mol. The van der Waals surface area contributed by atoms with Gasteiger partial charge in [-0.2, -0.15) is 0 Å². The summed E-state index contributed by atoms with van der Waals surface area (Å²) in [6.07, 6.45) is 3.80. The van der Waals surface area contributed by atoms with Gasteiger partial charge in [-0.15, -0.1) is 0 Å². The van der Waals surface area contributed by atoms with Crippen molar-refractivity contribution >= 4 is 18.0 Å². The van der Waals surface area contributed by atoms with E-state index in [4.69, 9.17) is 9.84 Å². The Hall–Kier alpha value is -3.35. The quantitative estimate of drug-likeness (QED) is 0.532. The molecule has 2 aliphatic rings. The lowest BCUT2D eigenvalue weighted by atomic mass is 9.98. The van der Waals surface area contributed by atoms with E-state index in [0.29, 0.717) is 25.8 Å². The standard InChI is InChI=1S/C28H34N2O5/c1-19(9-8-15-26(31)30-16-7-6-10-20(30)17-27(32)33)29-28(34)35-18-25-23-13-4-2-11-21(23)22-12-3-5-14-24(22)25/h2-5,11-14,19-20,25H,6-10,15-18H2,1H3,(H,29,34)(H,32,33)/t19?,20-/m0/s1. The first kappa shape index (κ1) is 24.8. The molecular formula is C28H34N2O5. The van der Waals surface area contributed by atoms with Crippen LogP contribution in [0.2, 0.25) is 0 Å². The highest BCUT2D eigenvalue weighted by molar-refractivity contribution is 5.79. The number of benzene rings is 2. The van der Waals surface area contributed by atoms with Crippen LogP contribution < -0.4 is 5.32 Å². The van der Waals surface area contributed by atoms with Gasteiger partial charge < -0.3 is 20.1 Å². The number of fused-ring (bicyclic) bond motifs is 3. The molecule has 4 rings (SSSR count). The molecule has 0 bridgehead atoms. The fraction of sp³-hybridized carbons (Fsp3) is 0.464. The first-order chi connectivity index (χ1) is 16.9. The number of carbonyl (C=O) groups excluding carboxylic acids is 2. The summed E-state index contributed by atoms with van der Waals surface area (Å²) < 4.78 is 5.60. The number of rotatable bonds is 9. The Labute approximate surface area is 206 Å². The van der Waals surface area contributed by atoms with E-state index in [-0.39, 0.29) is 36.9 Å². The molecule has 2 atom stereocenters. The third-order valence-corrected chi connectivity index (χ3v) is 7.09. The summed E-state index contributed by atoms with van der Waals surface area (Å²) in [6.45, 7) is 2.80. The van der Waals surface area contributed by atoms with E-state index in [2.05, 4.69) is 29.6 Å². The smallest absolute Gasteiger partial charge is 0.407 e. The normalized spacial score (nSPS) is 17.9. The molecule has 186 valence electrons. The van der Waals surface area contributed by atoms with Crippen LogP contribution >= 0.6 is 0 Å². The van der Waals surface area contributed by atoms with Crippen LogP contribution in [-0.2, 0) is 14.3 Å². The van der Waals surface area contributed by atoms with Crippen LogP contribution in [0.5, 0.6) is 0 Å². The molecule has 2 N–H and O–H groups in total. The molecule has 7 nitrogen and oxygen atoms in total. The van der Waals surface area contributed by atoms with Crippen LogP contribution in [0.15, 0.2) is 48.5 Å². The Morgan fingerprint density at radius 2 is 1.71 bits per heavy atom. The number of carboxylic acids is 1. The van der Waals surface area contributed by atoms with Crippen LogP contribution in [0.1, 0.15) is 68.9 Å². The van der Waals surface area contributed by atoms with Crippen molar-refractivity contribution in [2.45, 2.75) is 69.9 Å². The lowest BCUT2D eigenvalue weighted by Crippen LogP contribution is -2.44. The van der Waals surface area contributed by atoms with Gasteiger partial charge in [0.2, 0.25) is 5.91 Å². The van der Waals surface area contributed by atoms with Crippen LogP contribution in [0.3, 0.4) is 0 Å². The summed E-state index contributed by atoms with van der Waals surface area (Å²) in [6, 6.07) is 16.1.